The van der Waals surface area contributed by atoms with Gasteiger partial charge in [-0.05, 0) is 45.7 Å². The molecule has 1 fully saturated rings. The highest BCUT2D eigenvalue weighted by atomic mass is 16.5. The van der Waals surface area contributed by atoms with Gasteiger partial charge < -0.3 is 15.4 Å². The lowest BCUT2D eigenvalue weighted by Crippen LogP contribution is -2.42. The molecule has 1 saturated heterocycles. The lowest BCUT2D eigenvalue weighted by molar-refractivity contribution is 0.0648. The fraction of sp³-hybridized carbons (Fsp3) is 0.533. The number of para-hydroxylation sites is 1. The van der Waals surface area contributed by atoms with Crippen LogP contribution in [-0.4, -0.2) is 29.5 Å². The molecule has 0 aliphatic carbocycles. The highest BCUT2D eigenvalue weighted by Crippen LogP contribution is 2.33. The summed E-state index contributed by atoms with van der Waals surface area (Å²) in [5, 5.41) is 0. The molecule has 1 aliphatic heterocycles. The lowest BCUT2D eigenvalue weighted by Gasteiger charge is -2.32. The standard InChI is InChI=1S/C15H22N2O2/c1-4-19-13-11(7-5-8-12(13)16)14(18)17-10-6-9-15(17,2)3/h5,7-8H,4,6,9-10,16H2,1-3H3. The van der Waals surface area contributed by atoms with Crippen molar-refractivity contribution in [3.63, 3.8) is 0 Å². The molecule has 0 radical (unpaired) electrons. The first-order valence-electron chi connectivity index (χ1n) is 6.80. The average molecular weight is 262 g/mol. The predicted octanol–water partition coefficient (Wildman–Crippen LogP) is 2.68. The van der Waals surface area contributed by atoms with Crippen molar-refractivity contribution < 1.29 is 9.53 Å². The molecule has 0 bridgehead atoms. The van der Waals surface area contributed by atoms with Gasteiger partial charge in [0.05, 0.1) is 17.9 Å². The van der Waals surface area contributed by atoms with Crippen molar-refractivity contribution in [3.05, 3.63) is 23.8 Å². The number of nitrogens with two attached hydrogens (primary N) is 1. The summed E-state index contributed by atoms with van der Waals surface area (Å²) in [6, 6.07) is 5.35. The maximum Gasteiger partial charge on any atom is 0.258 e. The third kappa shape index (κ3) is 2.53. The smallest absolute Gasteiger partial charge is 0.258 e. The maximum atomic E-state index is 12.7. The van der Waals surface area contributed by atoms with Crippen molar-refractivity contribution in [3.8, 4) is 5.75 Å². The molecule has 104 valence electrons. The highest BCUT2D eigenvalue weighted by Gasteiger charge is 2.36. The van der Waals surface area contributed by atoms with Gasteiger partial charge in [0.25, 0.3) is 5.91 Å². The minimum Gasteiger partial charge on any atom is -0.491 e. The summed E-state index contributed by atoms with van der Waals surface area (Å²) in [5.74, 6) is 0.524. The summed E-state index contributed by atoms with van der Waals surface area (Å²) in [7, 11) is 0. The quantitative estimate of drug-likeness (QED) is 0.852. The molecule has 0 unspecified atom stereocenters. The van der Waals surface area contributed by atoms with Gasteiger partial charge in [0.15, 0.2) is 5.75 Å². The van der Waals surface area contributed by atoms with E-state index in [9.17, 15) is 4.79 Å². The van der Waals surface area contributed by atoms with Crippen molar-refractivity contribution >= 4 is 11.6 Å². The molecule has 1 aromatic rings. The van der Waals surface area contributed by atoms with E-state index in [1.54, 1.807) is 18.2 Å². The number of carbonyl (C=O) groups is 1. The molecule has 19 heavy (non-hydrogen) atoms. The van der Waals surface area contributed by atoms with E-state index in [2.05, 4.69) is 13.8 Å². The molecule has 0 aromatic heterocycles. The van der Waals surface area contributed by atoms with Crippen LogP contribution in [0, 0.1) is 0 Å². The van der Waals surface area contributed by atoms with E-state index in [1.807, 2.05) is 11.8 Å². The fourth-order valence-corrected chi connectivity index (χ4v) is 2.66. The number of hydrogen-bond donors (Lipinski definition) is 1. The molecule has 1 heterocycles. The van der Waals surface area contributed by atoms with Crippen LogP contribution >= 0.6 is 0 Å². The van der Waals surface area contributed by atoms with Gasteiger partial charge in [-0.3, -0.25) is 4.79 Å². The summed E-state index contributed by atoms with van der Waals surface area (Å²) in [6.45, 7) is 7.39. The van der Waals surface area contributed by atoms with Crippen molar-refractivity contribution in [2.24, 2.45) is 0 Å². The topological polar surface area (TPSA) is 55.6 Å². The van der Waals surface area contributed by atoms with Gasteiger partial charge in [0.2, 0.25) is 0 Å². The Labute approximate surface area is 114 Å². The zero-order chi connectivity index (χ0) is 14.0. The summed E-state index contributed by atoms with van der Waals surface area (Å²) < 4.78 is 5.54. The molecule has 1 amide bonds. The Morgan fingerprint density at radius 3 is 2.79 bits per heavy atom. The maximum absolute atomic E-state index is 12.7. The number of nitrogens with zero attached hydrogens (tertiary/aromatic N) is 1. The van der Waals surface area contributed by atoms with Crippen LogP contribution in [0.2, 0.25) is 0 Å². The summed E-state index contributed by atoms with van der Waals surface area (Å²) in [4.78, 5) is 14.6. The molecule has 0 spiro atoms. The molecule has 0 atom stereocenters. The van der Waals surface area contributed by atoms with Crippen LogP contribution < -0.4 is 10.5 Å². The van der Waals surface area contributed by atoms with Crippen LogP contribution in [0.5, 0.6) is 5.75 Å². The number of carbonyl (C=O) groups excluding carboxylic acids is 1. The zero-order valence-corrected chi connectivity index (χ0v) is 11.9. The van der Waals surface area contributed by atoms with Gasteiger partial charge >= 0.3 is 0 Å². The van der Waals surface area contributed by atoms with Crippen molar-refractivity contribution in [1.29, 1.82) is 0 Å². The van der Waals surface area contributed by atoms with Crippen LogP contribution in [0.1, 0.15) is 44.0 Å². The summed E-state index contributed by atoms with van der Waals surface area (Å²) in [5.41, 5.74) is 6.91. The average Bonchev–Trinajstić information content (AvgIpc) is 2.71. The Kier molecular flexibility index (Phi) is 3.69. The van der Waals surface area contributed by atoms with Crippen molar-refractivity contribution in [1.82, 2.24) is 4.90 Å². The van der Waals surface area contributed by atoms with Gasteiger partial charge in [-0.15, -0.1) is 0 Å². The molecule has 4 heteroatoms. The Morgan fingerprint density at radius 1 is 1.47 bits per heavy atom. The molecule has 2 rings (SSSR count). The Hall–Kier alpha value is -1.71. The van der Waals surface area contributed by atoms with Gasteiger partial charge in [-0.2, -0.15) is 0 Å². The Bertz CT molecular complexity index is 483. The van der Waals surface area contributed by atoms with Crippen LogP contribution in [0.25, 0.3) is 0 Å². The number of benzene rings is 1. The molecule has 0 saturated carbocycles. The van der Waals surface area contributed by atoms with E-state index in [-0.39, 0.29) is 11.4 Å². The minimum atomic E-state index is -0.0921. The third-order valence-corrected chi connectivity index (χ3v) is 3.71. The van der Waals surface area contributed by atoms with Gasteiger partial charge in [-0.25, -0.2) is 0 Å². The SMILES string of the molecule is CCOc1c(N)cccc1C(=O)N1CCCC1(C)C. The molecule has 4 nitrogen and oxygen atoms in total. The van der Waals surface area contributed by atoms with Gasteiger partial charge in [0, 0.05) is 12.1 Å². The first-order valence-corrected chi connectivity index (χ1v) is 6.80. The Morgan fingerprint density at radius 2 is 2.21 bits per heavy atom. The normalized spacial score (nSPS) is 17.5. The number of hydrogen-bond acceptors (Lipinski definition) is 3. The number of nitrogen functional groups attached to an aromatic ring is 1. The number of amides is 1. The van der Waals surface area contributed by atoms with Crippen molar-refractivity contribution in [2.45, 2.75) is 39.2 Å². The van der Waals surface area contributed by atoms with Crippen molar-refractivity contribution in [2.75, 3.05) is 18.9 Å². The van der Waals surface area contributed by atoms with Gasteiger partial charge in [0.1, 0.15) is 0 Å². The van der Waals surface area contributed by atoms with E-state index in [4.69, 9.17) is 10.5 Å². The highest BCUT2D eigenvalue weighted by molar-refractivity contribution is 5.99. The van der Waals surface area contributed by atoms with Crippen LogP contribution in [0.15, 0.2) is 18.2 Å². The third-order valence-electron chi connectivity index (χ3n) is 3.71. The number of ether oxygens (including phenoxy) is 1. The second kappa shape index (κ2) is 5.11. The monoisotopic (exact) mass is 262 g/mol. The largest absolute Gasteiger partial charge is 0.491 e. The zero-order valence-electron chi connectivity index (χ0n) is 11.9. The number of anilines is 1. The number of likely N-dealkylation sites (tertiary alicyclic amines) is 1. The minimum absolute atomic E-state index is 0.0123. The van der Waals surface area contributed by atoms with E-state index in [0.717, 1.165) is 19.4 Å². The second-order valence-corrected chi connectivity index (χ2v) is 5.53. The van der Waals surface area contributed by atoms with E-state index in [1.165, 1.54) is 0 Å². The predicted molar refractivity (Wildman–Crippen MR) is 76.4 cm³/mol. The molecular formula is C15H22N2O2. The van der Waals surface area contributed by atoms with E-state index < -0.39 is 0 Å². The van der Waals surface area contributed by atoms with E-state index in [0.29, 0.717) is 23.6 Å². The molecule has 2 N–H and O–H groups in total. The summed E-state index contributed by atoms with van der Waals surface area (Å²) in [6.07, 6.45) is 2.08. The first-order chi connectivity index (χ1) is 8.97. The van der Waals surface area contributed by atoms with Crippen LogP contribution in [0.3, 0.4) is 0 Å². The van der Waals surface area contributed by atoms with Gasteiger partial charge in [-0.1, -0.05) is 6.07 Å². The van der Waals surface area contributed by atoms with Crippen LogP contribution in [0.4, 0.5) is 5.69 Å². The second-order valence-electron chi connectivity index (χ2n) is 5.53. The molecular weight excluding hydrogens is 240 g/mol. The summed E-state index contributed by atoms with van der Waals surface area (Å²) >= 11 is 0. The Balaban J connectivity index is 2.36. The molecule has 1 aromatic carbocycles. The van der Waals surface area contributed by atoms with Crippen LogP contribution in [-0.2, 0) is 0 Å². The molecule has 1 aliphatic rings. The number of rotatable bonds is 3. The fourth-order valence-electron chi connectivity index (χ4n) is 2.66. The van der Waals surface area contributed by atoms with E-state index >= 15 is 0 Å². The lowest BCUT2D eigenvalue weighted by atomic mass is 10.0. The first kappa shape index (κ1) is 13.7.